The van der Waals surface area contributed by atoms with Crippen molar-refractivity contribution >= 4 is 11.6 Å². The molecule has 2 aromatic carbocycles. The Labute approximate surface area is 149 Å². The topological polar surface area (TPSA) is 41.6 Å². The predicted octanol–water partition coefficient (Wildman–Crippen LogP) is 3.76. The van der Waals surface area contributed by atoms with Gasteiger partial charge in [0.15, 0.2) is 6.10 Å². The molecule has 1 aliphatic heterocycles. The molecule has 4 nitrogen and oxygen atoms in total. The summed E-state index contributed by atoms with van der Waals surface area (Å²) in [6.07, 6.45) is 3.37. The van der Waals surface area contributed by atoms with Crippen LogP contribution in [0.2, 0.25) is 0 Å². The Kier molecular flexibility index (Phi) is 5.94. The van der Waals surface area contributed by atoms with Crippen molar-refractivity contribution < 1.29 is 9.53 Å². The van der Waals surface area contributed by atoms with Crippen LogP contribution in [0.25, 0.3) is 0 Å². The second-order valence-corrected chi connectivity index (χ2v) is 6.51. The molecule has 1 fully saturated rings. The fraction of sp³-hybridized carbons (Fsp3) is 0.381. The lowest BCUT2D eigenvalue weighted by atomic mass is 10.1. The number of piperidine rings is 1. The summed E-state index contributed by atoms with van der Waals surface area (Å²) in [7, 11) is 0. The van der Waals surface area contributed by atoms with E-state index < -0.39 is 6.10 Å². The van der Waals surface area contributed by atoms with Crippen molar-refractivity contribution in [2.75, 3.05) is 18.0 Å². The second-order valence-electron chi connectivity index (χ2n) is 6.51. The summed E-state index contributed by atoms with van der Waals surface area (Å²) in [6.45, 7) is 4.57. The van der Waals surface area contributed by atoms with Crippen LogP contribution in [-0.4, -0.2) is 25.1 Å². The van der Waals surface area contributed by atoms with E-state index in [1.54, 1.807) is 6.92 Å². The van der Waals surface area contributed by atoms with E-state index in [1.807, 2.05) is 30.3 Å². The summed E-state index contributed by atoms with van der Waals surface area (Å²) in [6, 6.07) is 17.9. The highest BCUT2D eigenvalue weighted by Crippen LogP contribution is 2.20. The van der Waals surface area contributed by atoms with Crippen molar-refractivity contribution in [2.45, 2.75) is 38.8 Å². The average molecular weight is 338 g/mol. The Balaban J connectivity index is 1.48. The van der Waals surface area contributed by atoms with Crippen LogP contribution in [0, 0.1) is 0 Å². The number of para-hydroxylation sites is 1. The van der Waals surface area contributed by atoms with Crippen LogP contribution in [0.15, 0.2) is 54.6 Å². The highest BCUT2D eigenvalue weighted by molar-refractivity contribution is 5.80. The smallest absolute Gasteiger partial charge is 0.261 e. The number of rotatable bonds is 6. The molecule has 1 unspecified atom stereocenters. The quantitative estimate of drug-likeness (QED) is 0.872. The summed E-state index contributed by atoms with van der Waals surface area (Å²) in [5.41, 5.74) is 2.37. The van der Waals surface area contributed by atoms with Gasteiger partial charge >= 0.3 is 0 Å². The maximum absolute atomic E-state index is 12.2. The molecule has 1 aliphatic rings. The van der Waals surface area contributed by atoms with Gasteiger partial charge in [-0.05, 0) is 56.0 Å². The van der Waals surface area contributed by atoms with Crippen molar-refractivity contribution in [2.24, 2.45) is 0 Å². The van der Waals surface area contributed by atoms with Gasteiger partial charge < -0.3 is 15.0 Å². The standard InChI is InChI=1S/C21H26N2O2/c1-17(25-20-8-4-2-5-9-20)21(24)22-16-18-10-12-19(13-11-18)23-14-6-3-7-15-23/h2,4-5,8-13,17H,3,6-7,14-16H2,1H3,(H,22,24). The third kappa shape index (κ3) is 4.99. The van der Waals surface area contributed by atoms with Gasteiger partial charge in [-0.15, -0.1) is 0 Å². The second kappa shape index (κ2) is 8.56. The number of nitrogens with zero attached hydrogens (tertiary/aromatic N) is 1. The fourth-order valence-corrected chi connectivity index (χ4v) is 3.07. The molecule has 25 heavy (non-hydrogen) atoms. The van der Waals surface area contributed by atoms with E-state index in [0.717, 1.165) is 18.7 Å². The maximum Gasteiger partial charge on any atom is 0.261 e. The number of hydrogen-bond donors (Lipinski definition) is 1. The number of amides is 1. The van der Waals surface area contributed by atoms with Gasteiger partial charge in [0, 0.05) is 25.3 Å². The van der Waals surface area contributed by atoms with Gasteiger partial charge in [0.25, 0.3) is 5.91 Å². The van der Waals surface area contributed by atoms with Gasteiger partial charge in [0.1, 0.15) is 5.75 Å². The minimum atomic E-state index is -0.518. The molecular formula is C21H26N2O2. The minimum Gasteiger partial charge on any atom is -0.481 e. The number of anilines is 1. The largest absolute Gasteiger partial charge is 0.481 e. The first-order valence-corrected chi connectivity index (χ1v) is 9.06. The first-order chi connectivity index (χ1) is 12.2. The zero-order valence-electron chi connectivity index (χ0n) is 14.8. The molecule has 0 bridgehead atoms. The summed E-state index contributed by atoms with van der Waals surface area (Å²) in [5, 5.41) is 2.94. The molecular weight excluding hydrogens is 312 g/mol. The van der Waals surface area contributed by atoms with Crippen molar-refractivity contribution in [1.82, 2.24) is 5.32 Å². The van der Waals surface area contributed by atoms with Crippen molar-refractivity contribution in [3.8, 4) is 5.75 Å². The van der Waals surface area contributed by atoms with E-state index in [9.17, 15) is 4.79 Å². The van der Waals surface area contributed by atoms with E-state index in [4.69, 9.17) is 4.74 Å². The Morgan fingerprint density at radius 3 is 2.40 bits per heavy atom. The van der Waals surface area contributed by atoms with E-state index >= 15 is 0 Å². The number of carbonyl (C=O) groups excluding carboxylic acids is 1. The van der Waals surface area contributed by atoms with E-state index in [-0.39, 0.29) is 5.91 Å². The molecule has 2 aromatic rings. The molecule has 3 rings (SSSR count). The average Bonchev–Trinajstić information content (AvgIpc) is 2.68. The lowest BCUT2D eigenvalue weighted by Crippen LogP contribution is -2.35. The summed E-state index contributed by atoms with van der Waals surface area (Å²) >= 11 is 0. The van der Waals surface area contributed by atoms with Crippen LogP contribution in [0.1, 0.15) is 31.7 Å². The van der Waals surface area contributed by atoms with Crippen molar-refractivity contribution in [1.29, 1.82) is 0 Å². The number of benzene rings is 2. The number of ether oxygens (including phenoxy) is 1. The lowest BCUT2D eigenvalue weighted by Gasteiger charge is -2.28. The first kappa shape index (κ1) is 17.3. The fourth-order valence-electron chi connectivity index (χ4n) is 3.07. The van der Waals surface area contributed by atoms with Gasteiger partial charge in [-0.25, -0.2) is 0 Å². The molecule has 1 atom stereocenters. The molecule has 0 radical (unpaired) electrons. The summed E-state index contributed by atoms with van der Waals surface area (Å²) in [5.74, 6) is 0.597. The van der Waals surface area contributed by atoms with Crippen LogP contribution in [0.4, 0.5) is 5.69 Å². The highest BCUT2D eigenvalue weighted by Gasteiger charge is 2.14. The Hall–Kier alpha value is -2.49. The third-order valence-corrected chi connectivity index (χ3v) is 4.55. The zero-order valence-corrected chi connectivity index (χ0v) is 14.8. The molecule has 0 spiro atoms. The SMILES string of the molecule is CC(Oc1ccccc1)C(=O)NCc1ccc(N2CCCCC2)cc1. The van der Waals surface area contributed by atoms with Gasteiger partial charge in [-0.3, -0.25) is 4.79 Å². The minimum absolute atomic E-state index is 0.107. The van der Waals surface area contributed by atoms with E-state index in [0.29, 0.717) is 12.3 Å². The Morgan fingerprint density at radius 1 is 1.04 bits per heavy atom. The lowest BCUT2D eigenvalue weighted by molar-refractivity contribution is -0.127. The molecule has 1 N–H and O–H groups in total. The monoisotopic (exact) mass is 338 g/mol. The van der Waals surface area contributed by atoms with Crippen molar-refractivity contribution in [3.05, 3.63) is 60.2 Å². The highest BCUT2D eigenvalue weighted by atomic mass is 16.5. The number of carbonyl (C=O) groups is 1. The maximum atomic E-state index is 12.2. The third-order valence-electron chi connectivity index (χ3n) is 4.55. The molecule has 0 aliphatic carbocycles. The van der Waals surface area contributed by atoms with Crippen LogP contribution < -0.4 is 15.0 Å². The Morgan fingerprint density at radius 2 is 1.72 bits per heavy atom. The van der Waals surface area contributed by atoms with Gasteiger partial charge in [0.2, 0.25) is 0 Å². The van der Waals surface area contributed by atoms with Crippen LogP contribution in [0.5, 0.6) is 5.75 Å². The molecule has 4 heteroatoms. The van der Waals surface area contributed by atoms with Gasteiger partial charge in [-0.1, -0.05) is 30.3 Å². The van der Waals surface area contributed by atoms with E-state index in [1.165, 1.54) is 24.9 Å². The number of hydrogen-bond acceptors (Lipinski definition) is 3. The summed E-state index contributed by atoms with van der Waals surface area (Å²) in [4.78, 5) is 14.6. The summed E-state index contributed by atoms with van der Waals surface area (Å²) < 4.78 is 5.64. The number of nitrogens with one attached hydrogen (secondary N) is 1. The molecule has 0 aromatic heterocycles. The molecule has 1 amide bonds. The van der Waals surface area contributed by atoms with Crippen molar-refractivity contribution in [3.63, 3.8) is 0 Å². The van der Waals surface area contributed by atoms with E-state index in [2.05, 4.69) is 34.5 Å². The molecule has 1 heterocycles. The molecule has 1 saturated heterocycles. The first-order valence-electron chi connectivity index (χ1n) is 9.06. The molecule has 132 valence electrons. The molecule has 0 saturated carbocycles. The van der Waals surface area contributed by atoms with Gasteiger partial charge in [-0.2, -0.15) is 0 Å². The zero-order chi connectivity index (χ0) is 17.5. The Bertz CT molecular complexity index is 664. The van der Waals surface area contributed by atoms with Crippen LogP contribution in [-0.2, 0) is 11.3 Å². The van der Waals surface area contributed by atoms with Gasteiger partial charge in [0.05, 0.1) is 0 Å². The normalized spacial score (nSPS) is 15.5. The predicted molar refractivity (Wildman–Crippen MR) is 101 cm³/mol. The van der Waals surface area contributed by atoms with Crippen LogP contribution >= 0.6 is 0 Å². The van der Waals surface area contributed by atoms with Crippen LogP contribution in [0.3, 0.4) is 0 Å².